The van der Waals surface area contributed by atoms with E-state index in [9.17, 15) is 14.5 Å². The van der Waals surface area contributed by atoms with Gasteiger partial charge in [-0.15, -0.1) is 0 Å². The first-order chi connectivity index (χ1) is 6.78. The molecule has 4 N–H and O–H groups in total. The van der Waals surface area contributed by atoms with Gasteiger partial charge in [0, 0.05) is 5.75 Å². The monoisotopic (exact) mass is 260 g/mol. The number of rotatable bonds is 7. The van der Waals surface area contributed by atoms with Crippen molar-refractivity contribution in [1.29, 1.82) is 0 Å². The van der Waals surface area contributed by atoms with Crippen LogP contribution in [0.4, 0.5) is 0 Å². The van der Waals surface area contributed by atoms with Gasteiger partial charge in [0.25, 0.3) is 0 Å². The van der Waals surface area contributed by atoms with Gasteiger partial charge in [0.2, 0.25) is 0 Å². The second kappa shape index (κ2) is 6.59. The van der Waals surface area contributed by atoms with Crippen LogP contribution < -0.4 is 0 Å². The molecule has 0 unspecified atom stereocenters. The Morgan fingerprint density at radius 3 is 2.40 bits per heavy atom. The van der Waals surface area contributed by atoms with Crippen LogP contribution in [0.1, 0.15) is 0 Å². The normalized spacial score (nSPS) is 16.1. The van der Waals surface area contributed by atoms with Gasteiger partial charge in [0.15, 0.2) is 5.78 Å². The van der Waals surface area contributed by atoms with Crippen LogP contribution in [0.5, 0.6) is 0 Å². The zero-order valence-electron chi connectivity index (χ0n) is 7.94. The predicted molar refractivity (Wildman–Crippen MR) is 53.4 cm³/mol. The summed E-state index contributed by atoms with van der Waals surface area (Å²) in [4.78, 5) is 27.6. The average molecular weight is 260 g/mol. The molecule has 2 atom stereocenters. The van der Waals surface area contributed by atoms with E-state index in [4.69, 9.17) is 14.9 Å². The Kier molecular flexibility index (Phi) is 6.62. The quantitative estimate of drug-likeness (QED) is 0.418. The molecule has 0 amide bonds. The van der Waals surface area contributed by atoms with Gasteiger partial charge < -0.3 is 20.0 Å². The Balaban J connectivity index is 4.05. The molecule has 0 saturated carbocycles. The highest BCUT2D eigenvalue weighted by molar-refractivity contribution is 7.98. The Morgan fingerprint density at radius 2 is 2.00 bits per heavy atom. The van der Waals surface area contributed by atoms with Crippen LogP contribution in [0.3, 0.4) is 0 Å². The Morgan fingerprint density at radius 1 is 1.47 bits per heavy atom. The van der Waals surface area contributed by atoms with Gasteiger partial charge in [-0.25, -0.2) is 4.57 Å². The lowest BCUT2D eigenvalue weighted by Crippen LogP contribution is -2.37. The van der Waals surface area contributed by atoms with E-state index in [1.54, 1.807) is 6.26 Å². The molecule has 0 bridgehead atoms. The summed E-state index contributed by atoms with van der Waals surface area (Å²) in [6.07, 6.45) is -1.29. The number of carbonyl (C=O) groups is 1. The van der Waals surface area contributed by atoms with Crippen molar-refractivity contribution in [2.24, 2.45) is 0 Å². The second-order valence-corrected chi connectivity index (χ2v) is 4.85. The first-order valence-electron chi connectivity index (χ1n) is 3.86. The number of aliphatic hydroxyl groups excluding tert-OH is 2. The Bertz CT molecular complexity index is 252. The molecular weight excluding hydrogens is 247 g/mol. The number of Topliss-reactive ketones (excluding diaryl/α,β-unsaturated/α-hetero) is 1. The van der Waals surface area contributed by atoms with Crippen molar-refractivity contribution < 1.29 is 33.9 Å². The standard InChI is InChI=1S/C6H13O7PS/c1-15-3-5(8)6(9)4(7)2-13-14(10,11)12/h5-6,8-9H,2-3H2,1H3,(H2,10,11,12)/t5-,6+/m0/s1. The number of carbonyl (C=O) groups excluding carboxylic acids is 1. The number of phosphoric ester groups is 1. The molecular formula is C6H13O7PS. The second-order valence-electron chi connectivity index (χ2n) is 2.70. The molecule has 7 nitrogen and oxygen atoms in total. The van der Waals surface area contributed by atoms with Gasteiger partial charge in [-0.2, -0.15) is 11.8 Å². The molecule has 0 rings (SSSR count). The van der Waals surface area contributed by atoms with E-state index in [-0.39, 0.29) is 5.75 Å². The van der Waals surface area contributed by atoms with Crippen LogP contribution in [0.25, 0.3) is 0 Å². The summed E-state index contributed by atoms with van der Waals surface area (Å²) in [6.45, 7) is -0.934. The average Bonchev–Trinajstić information content (AvgIpc) is 2.12. The highest BCUT2D eigenvalue weighted by atomic mass is 32.2. The molecule has 0 radical (unpaired) electrons. The highest BCUT2D eigenvalue weighted by Gasteiger charge is 2.26. The Hall–Kier alpha value is 0.0500. The zero-order valence-corrected chi connectivity index (χ0v) is 9.65. The van der Waals surface area contributed by atoms with Crippen LogP contribution in [0.2, 0.25) is 0 Å². The summed E-state index contributed by atoms with van der Waals surface area (Å²) in [7, 11) is -4.72. The van der Waals surface area contributed by atoms with E-state index in [2.05, 4.69) is 4.52 Å². The summed E-state index contributed by atoms with van der Waals surface area (Å²) in [5, 5.41) is 18.3. The minimum absolute atomic E-state index is 0.142. The fraction of sp³-hybridized carbons (Fsp3) is 0.833. The SMILES string of the molecule is CSC[C@H](O)[C@H](O)C(=O)COP(=O)(O)O. The van der Waals surface area contributed by atoms with E-state index in [0.29, 0.717) is 0 Å². The number of thioether (sulfide) groups is 1. The fourth-order valence-corrected chi connectivity index (χ4v) is 1.53. The van der Waals surface area contributed by atoms with E-state index in [1.807, 2.05) is 0 Å². The highest BCUT2D eigenvalue weighted by Crippen LogP contribution is 2.35. The summed E-state index contributed by atoms with van der Waals surface area (Å²) < 4.78 is 14.1. The van der Waals surface area contributed by atoms with E-state index in [1.165, 1.54) is 11.8 Å². The van der Waals surface area contributed by atoms with E-state index < -0.39 is 32.4 Å². The number of hydrogen-bond acceptors (Lipinski definition) is 6. The maximum Gasteiger partial charge on any atom is 0.470 e. The van der Waals surface area contributed by atoms with Crippen molar-refractivity contribution in [3.63, 3.8) is 0 Å². The number of aliphatic hydroxyl groups is 2. The summed E-state index contributed by atoms with van der Waals surface area (Å²) >= 11 is 1.22. The fourth-order valence-electron chi connectivity index (χ4n) is 0.710. The number of phosphoric acid groups is 1. The maximum absolute atomic E-state index is 11.0. The third kappa shape index (κ3) is 7.02. The molecule has 0 fully saturated rings. The molecule has 9 heteroatoms. The van der Waals surface area contributed by atoms with Crippen LogP contribution >= 0.6 is 19.6 Å². The molecule has 90 valence electrons. The van der Waals surface area contributed by atoms with E-state index in [0.717, 1.165) is 0 Å². The molecule has 0 aromatic rings. The largest absolute Gasteiger partial charge is 0.470 e. The summed E-state index contributed by atoms with van der Waals surface area (Å²) in [5.41, 5.74) is 0. The molecule has 0 aliphatic rings. The third-order valence-electron chi connectivity index (χ3n) is 1.41. The smallest absolute Gasteiger partial charge is 0.389 e. The topological polar surface area (TPSA) is 124 Å². The van der Waals surface area contributed by atoms with Gasteiger partial charge in [-0.05, 0) is 6.26 Å². The minimum atomic E-state index is -4.72. The first-order valence-corrected chi connectivity index (χ1v) is 6.78. The van der Waals surface area contributed by atoms with Crippen molar-refractivity contribution in [2.45, 2.75) is 12.2 Å². The van der Waals surface area contributed by atoms with E-state index >= 15 is 0 Å². The predicted octanol–water partition coefficient (Wildman–Crippen LogP) is -1.25. The Labute approximate surface area is 90.7 Å². The third-order valence-corrected chi connectivity index (χ3v) is 2.55. The van der Waals surface area contributed by atoms with Gasteiger partial charge in [-0.1, -0.05) is 0 Å². The zero-order chi connectivity index (χ0) is 12.1. The lowest BCUT2D eigenvalue weighted by Gasteiger charge is -2.15. The molecule has 0 aliphatic heterocycles. The molecule has 0 heterocycles. The molecule has 15 heavy (non-hydrogen) atoms. The van der Waals surface area contributed by atoms with Crippen molar-refractivity contribution in [1.82, 2.24) is 0 Å². The molecule has 0 aromatic carbocycles. The van der Waals surface area contributed by atoms with Crippen molar-refractivity contribution in [2.75, 3.05) is 18.6 Å². The molecule has 0 saturated heterocycles. The summed E-state index contributed by atoms with van der Waals surface area (Å²) in [5.74, 6) is -0.831. The van der Waals surface area contributed by atoms with Crippen molar-refractivity contribution >= 4 is 25.4 Å². The first kappa shape index (κ1) is 15.0. The van der Waals surface area contributed by atoms with Gasteiger partial charge in [0.1, 0.15) is 12.7 Å². The minimum Gasteiger partial charge on any atom is -0.389 e. The molecule has 0 aromatic heterocycles. The number of ketones is 1. The lowest BCUT2D eigenvalue weighted by molar-refractivity contribution is -0.134. The number of hydrogen-bond donors (Lipinski definition) is 4. The van der Waals surface area contributed by atoms with Gasteiger partial charge in [0.05, 0.1) is 6.10 Å². The van der Waals surface area contributed by atoms with Crippen LogP contribution in [-0.4, -0.2) is 56.6 Å². The maximum atomic E-state index is 11.0. The molecule has 0 aliphatic carbocycles. The van der Waals surface area contributed by atoms with Crippen LogP contribution in [0.15, 0.2) is 0 Å². The lowest BCUT2D eigenvalue weighted by atomic mass is 10.1. The van der Waals surface area contributed by atoms with Crippen LogP contribution in [-0.2, 0) is 13.9 Å². The summed E-state index contributed by atoms with van der Waals surface area (Å²) in [6, 6.07) is 0. The van der Waals surface area contributed by atoms with Crippen molar-refractivity contribution in [3.8, 4) is 0 Å². The van der Waals surface area contributed by atoms with Crippen LogP contribution in [0, 0.1) is 0 Å². The van der Waals surface area contributed by atoms with Gasteiger partial charge in [-0.3, -0.25) is 9.32 Å². The molecule has 0 spiro atoms. The van der Waals surface area contributed by atoms with Gasteiger partial charge >= 0.3 is 7.82 Å². The van der Waals surface area contributed by atoms with Crippen molar-refractivity contribution in [3.05, 3.63) is 0 Å².